The van der Waals surface area contributed by atoms with Gasteiger partial charge in [0.1, 0.15) is 17.6 Å². The number of aromatic nitrogens is 2. The van der Waals surface area contributed by atoms with Gasteiger partial charge in [-0.3, -0.25) is 9.59 Å². The van der Waals surface area contributed by atoms with Crippen molar-refractivity contribution in [1.29, 1.82) is 5.26 Å². The van der Waals surface area contributed by atoms with Gasteiger partial charge in [-0.05, 0) is 31.9 Å². The quantitative estimate of drug-likeness (QED) is 0.800. The first-order chi connectivity index (χ1) is 7.56. The Balaban J connectivity index is 2.84. The van der Waals surface area contributed by atoms with Crippen molar-refractivity contribution in [3.8, 4) is 6.07 Å². The molecule has 0 bridgehead atoms. The number of halogens is 2. The Morgan fingerprint density at radius 1 is 1.62 bits per heavy atom. The van der Waals surface area contributed by atoms with Crippen LogP contribution in [0, 0.1) is 11.3 Å². The fourth-order valence-electron chi connectivity index (χ4n) is 0.888. The highest BCUT2D eigenvalue weighted by Gasteiger charge is 2.09. The van der Waals surface area contributed by atoms with Crippen molar-refractivity contribution in [3.05, 3.63) is 25.5 Å². The van der Waals surface area contributed by atoms with E-state index in [2.05, 4.69) is 42.3 Å². The van der Waals surface area contributed by atoms with Gasteiger partial charge in [0.2, 0.25) is 5.91 Å². The van der Waals surface area contributed by atoms with Crippen molar-refractivity contribution >= 4 is 37.8 Å². The maximum absolute atomic E-state index is 11.6. The van der Waals surface area contributed by atoms with Crippen LogP contribution in [0.25, 0.3) is 0 Å². The molecular formula is C8H6Br2N4O2. The van der Waals surface area contributed by atoms with E-state index in [9.17, 15) is 9.59 Å². The van der Waals surface area contributed by atoms with Crippen LogP contribution >= 0.6 is 31.9 Å². The van der Waals surface area contributed by atoms with Crippen molar-refractivity contribution in [1.82, 2.24) is 15.1 Å². The molecule has 0 unspecified atom stereocenters. The summed E-state index contributed by atoms with van der Waals surface area (Å²) in [6, 6.07) is 1.76. The third-order valence-corrected chi connectivity index (χ3v) is 3.50. The number of carbonyl (C=O) groups is 1. The predicted molar refractivity (Wildman–Crippen MR) is 62.5 cm³/mol. The van der Waals surface area contributed by atoms with Gasteiger partial charge in [-0.1, -0.05) is 0 Å². The molecule has 0 saturated carbocycles. The van der Waals surface area contributed by atoms with Crippen LogP contribution in [0.1, 0.15) is 0 Å². The minimum absolute atomic E-state index is 0.0920. The summed E-state index contributed by atoms with van der Waals surface area (Å²) in [5, 5.41) is 14.3. The molecule has 1 aromatic rings. The summed E-state index contributed by atoms with van der Waals surface area (Å²) < 4.78 is 1.82. The smallest absolute Gasteiger partial charge is 0.282 e. The normalized spacial score (nSPS) is 9.56. The SMILES string of the molecule is N#CCNC(=O)Cn1ncc(Br)c(Br)c1=O. The summed E-state index contributed by atoms with van der Waals surface area (Å²) in [6.45, 7) is -0.308. The number of hydrogen-bond donors (Lipinski definition) is 1. The van der Waals surface area contributed by atoms with Gasteiger partial charge in [0.25, 0.3) is 5.56 Å². The van der Waals surface area contributed by atoms with Gasteiger partial charge in [-0.25, -0.2) is 4.68 Å². The molecule has 0 aromatic carbocycles. The number of hydrogen-bond acceptors (Lipinski definition) is 4. The highest BCUT2D eigenvalue weighted by molar-refractivity contribution is 9.13. The van der Waals surface area contributed by atoms with Crippen LogP contribution in [0.15, 0.2) is 19.9 Å². The van der Waals surface area contributed by atoms with Gasteiger partial charge in [0.05, 0.1) is 16.7 Å². The highest BCUT2D eigenvalue weighted by atomic mass is 79.9. The summed E-state index contributed by atoms with van der Waals surface area (Å²) in [7, 11) is 0. The van der Waals surface area contributed by atoms with Gasteiger partial charge >= 0.3 is 0 Å². The average molecular weight is 350 g/mol. The molecule has 1 rings (SSSR count). The van der Waals surface area contributed by atoms with E-state index in [0.29, 0.717) is 8.95 Å². The fourth-order valence-corrected chi connectivity index (χ4v) is 1.46. The first kappa shape index (κ1) is 12.9. The molecule has 0 atom stereocenters. The fraction of sp³-hybridized carbons (Fsp3) is 0.250. The van der Waals surface area contributed by atoms with E-state index in [1.165, 1.54) is 6.20 Å². The van der Waals surface area contributed by atoms with E-state index in [0.717, 1.165) is 4.68 Å². The molecule has 0 aliphatic heterocycles. The van der Waals surface area contributed by atoms with E-state index in [1.54, 1.807) is 6.07 Å². The molecule has 6 nitrogen and oxygen atoms in total. The molecule has 0 radical (unpaired) electrons. The number of amides is 1. The number of nitrogens with zero attached hydrogens (tertiary/aromatic N) is 3. The maximum Gasteiger partial charge on any atom is 0.282 e. The molecule has 1 heterocycles. The lowest BCUT2D eigenvalue weighted by molar-refractivity contribution is -0.121. The summed E-state index contributed by atoms with van der Waals surface area (Å²) in [5.41, 5.74) is -0.415. The van der Waals surface area contributed by atoms with Crippen molar-refractivity contribution in [2.24, 2.45) is 0 Å². The molecule has 1 amide bonds. The van der Waals surface area contributed by atoms with Gasteiger partial charge in [0.15, 0.2) is 0 Å². The maximum atomic E-state index is 11.6. The zero-order valence-electron chi connectivity index (χ0n) is 7.91. The number of nitrogens with one attached hydrogen (secondary N) is 1. The predicted octanol–water partition coefficient (Wildman–Crippen LogP) is 0.408. The van der Waals surface area contributed by atoms with Crippen molar-refractivity contribution in [3.63, 3.8) is 0 Å². The van der Waals surface area contributed by atoms with Gasteiger partial charge < -0.3 is 5.32 Å². The third kappa shape index (κ3) is 3.15. The Morgan fingerprint density at radius 3 is 2.94 bits per heavy atom. The monoisotopic (exact) mass is 348 g/mol. The van der Waals surface area contributed by atoms with E-state index in [-0.39, 0.29) is 13.1 Å². The topological polar surface area (TPSA) is 87.8 Å². The van der Waals surface area contributed by atoms with Crippen molar-refractivity contribution in [2.45, 2.75) is 6.54 Å². The lowest BCUT2D eigenvalue weighted by Crippen LogP contribution is -2.34. The Morgan fingerprint density at radius 2 is 2.31 bits per heavy atom. The molecule has 8 heteroatoms. The Labute approximate surface area is 108 Å². The van der Waals surface area contributed by atoms with Crippen LogP contribution in [0.4, 0.5) is 0 Å². The molecule has 84 valence electrons. The van der Waals surface area contributed by atoms with Gasteiger partial charge in [-0.2, -0.15) is 10.4 Å². The van der Waals surface area contributed by atoms with Gasteiger partial charge in [-0.15, -0.1) is 0 Å². The van der Waals surface area contributed by atoms with Crippen LogP contribution in [-0.2, 0) is 11.3 Å². The van der Waals surface area contributed by atoms with Crippen LogP contribution in [0.3, 0.4) is 0 Å². The second-order valence-corrected chi connectivity index (χ2v) is 4.35. The molecular weight excluding hydrogens is 344 g/mol. The Hall–Kier alpha value is -1.20. The molecule has 0 fully saturated rings. The van der Waals surface area contributed by atoms with Crippen LogP contribution in [0.2, 0.25) is 0 Å². The molecule has 1 aromatic heterocycles. The average Bonchev–Trinajstić information content (AvgIpc) is 2.27. The van der Waals surface area contributed by atoms with E-state index in [1.807, 2.05) is 0 Å². The standard InChI is InChI=1S/C8H6Br2N4O2/c9-5-3-13-14(8(16)7(5)10)4-6(15)12-2-1-11/h3H,2,4H2,(H,12,15). The van der Waals surface area contributed by atoms with Crippen LogP contribution in [-0.4, -0.2) is 22.2 Å². The van der Waals surface area contributed by atoms with E-state index >= 15 is 0 Å². The molecule has 16 heavy (non-hydrogen) atoms. The van der Waals surface area contributed by atoms with Crippen molar-refractivity contribution < 1.29 is 4.79 Å². The second-order valence-electron chi connectivity index (χ2n) is 2.70. The molecule has 0 aliphatic rings. The molecule has 0 aliphatic carbocycles. The van der Waals surface area contributed by atoms with Gasteiger partial charge in [0, 0.05) is 0 Å². The number of carbonyl (C=O) groups excluding carboxylic acids is 1. The Kier molecular flexibility index (Phi) is 4.64. The number of rotatable bonds is 3. The van der Waals surface area contributed by atoms with Crippen molar-refractivity contribution in [2.75, 3.05) is 6.54 Å². The van der Waals surface area contributed by atoms with Crippen LogP contribution < -0.4 is 10.9 Å². The molecule has 0 spiro atoms. The summed E-state index contributed by atoms with van der Waals surface area (Å²) >= 11 is 6.19. The number of nitriles is 1. The summed E-state index contributed by atoms with van der Waals surface area (Å²) in [6.07, 6.45) is 1.41. The molecule has 0 saturated heterocycles. The van der Waals surface area contributed by atoms with Crippen LogP contribution in [0.5, 0.6) is 0 Å². The lowest BCUT2D eigenvalue weighted by Gasteiger charge is -2.04. The highest BCUT2D eigenvalue weighted by Crippen LogP contribution is 2.16. The van der Waals surface area contributed by atoms with E-state index in [4.69, 9.17) is 5.26 Å². The first-order valence-corrected chi connectivity index (χ1v) is 5.69. The minimum atomic E-state index is -0.439. The summed E-state index contributed by atoms with van der Waals surface area (Å²) in [4.78, 5) is 22.8. The Bertz CT molecular complexity index is 506. The second kappa shape index (κ2) is 5.77. The zero-order chi connectivity index (χ0) is 12.1. The largest absolute Gasteiger partial charge is 0.341 e. The lowest BCUT2D eigenvalue weighted by atomic mass is 10.5. The first-order valence-electron chi connectivity index (χ1n) is 4.11. The third-order valence-electron chi connectivity index (χ3n) is 1.60. The summed E-state index contributed by atoms with van der Waals surface area (Å²) in [5.74, 6) is -0.439. The minimum Gasteiger partial charge on any atom is -0.341 e. The molecule has 1 N–H and O–H groups in total. The zero-order valence-corrected chi connectivity index (χ0v) is 11.1. The van der Waals surface area contributed by atoms with E-state index < -0.39 is 11.5 Å².